The number of hydrogen-bond donors (Lipinski definition) is 1. The van der Waals surface area contributed by atoms with Crippen LogP contribution < -0.4 is 4.90 Å². The highest BCUT2D eigenvalue weighted by Gasteiger charge is 2.13. The van der Waals surface area contributed by atoms with Crippen molar-refractivity contribution in [1.29, 1.82) is 0 Å². The van der Waals surface area contributed by atoms with E-state index >= 15 is 0 Å². The maximum Gasteiger partial charge on any atom is 0.328 e. The van der Waals surface area contributed by atoms with Crippen LogP contribution in [-0.4, -0.2) is 24.2 Å². The number of carboxylic acid groups (broad SMARTS) is 1. The van der Waals surface area contributed by atoms with Crippen LogP contribution in [0.2, 0.25) is 0 Å². The monoisotopic (exact) mass is 237 g/mol. The summed E-state index contributed by atoms with van der Waals surface area (Å²) in [5, 5.41) is 8.59. The zero-order valence-corrected chi connectivity index (χ0v) is 10.1. The molecule has 0 radical (unpaired) electrons. The third-order valence-electron chi connectivity index (χ3n) is 2.55. The van der Waals surface area contributed by atoms with Crippen molar-refractivity contribution in [2.45, 2.75) is 19.9 Å². The molecule has 0 saturated carbocycles. The van der Waals surface area contributed by atoms with E-state index in [0.717, 1.165) is 6.08 Å². The second-order valence-electron chi connectivity index (χ2n) is 4.05. The van der Waals surface area contributed by atoms with Gasteiger partial charge in [-0.15, -0.1) is 0 Å². The number of halogens is 1. The number of para-hydroxylation sites is 1. The van der Waals surface area contributed by atoms with E-state index in [-0.39, 0.29) is 11.9 Å². The molecule has 0 spiro atoms. The molecular weight excluding hydrogens is 221 g/mol. The van der Waals surface area contributed by atoms with Gasteiger partial charge in [0.1, 0.15) is 5.82 Å². The number of hydrogen-bond acceptors (Lipinski definition) is 2. The van der Waals surface area contributed by atoms with Crippen LogP contribution in [0.3, 0.4) is 0 Å². The molecule has 0 aliphatic heterocycles. The Kier molecular flexibility index (Phi) is 4.26. The summed E-state index contributed by atoms with van der Waals surface area (Å²) in [6.45, 7) is 3.88. The van der Waals surface area contributed by atoms with Gasteiger partial charge in [0.25, 0.3) is 0 Å². The topological polar surface area (TPSA) is 40.5 Å². The Bertz CT molecular complexity index is 441. The Morgan fingerprint density at radius 2 is 2.12 bits per heavy atom. The number of carbonyl (C=O) groups is 1. The lowest BCUT2D eigenvalue weighted by molar-refractivity contribution is -0.131. The zero-order valence-electron chi connectivity index (χ0n) is 10.1. The van der Waals surface area contributed by atoms with Gasteiger partial charge in [0.2, 0.25) is 0 Å². The normalized spacial score (nSPS) is 11.1. The first-order valence-corrected chi connectivity index (χ1v) is 5.36. The van der Waals surface area contributed by atoms with Crippen molar-refractivity contribution in [3.8, 4) is 0 Å². The van der Waals surface area contributed by atoms with E-state index in [1.54, 1.807) is 24.1 Å². The number of carboxylic acids is 1. The van der Waals surface area contributed by atoms with Crippen molar-refractivity contribution in [2.24, 2.45) is 0 Å². The average molecular weight is 237 g/mol. The van der Waals surface area contributed by atoms with Crippen molar-refractivity contribution < 1.29 is 14.3 Å². The summed E-state index contributed by atoms with van der Waals surface area (Å²) in [4.78, 5) is 12.3. The minimum atomic E-state index is -1.05. The van der Waals surface area contributed by atoms with Crippen molar-refractivity contribution in [2.75, 3.05) is 11.9 Å². The minimum Gasteiger partial charge on any atom is -0.478 e. The molecule has 1 aromatic rings. The van der Waals surface area contributed by atoms with Gasteiger partial charge in [-0.05, 0) is 26.0 Å². The summed E-state index contributed by atoms with van der Waals surface area (Å²) in [6, 6.07) is 4.75. The first-order valence-electron chi connectivity index (χ1n) is 5.36. The molecule has 92 valence electrons. The summed E-state index contributed by atoms with van der Waals surface area (Å²) in [6.07, 6.45) is 2.41. The molecule has 0 aliphatic rings. The van der Waals surface area contributed by atoms with Crippen molar-refractivity contribution in [3.05, 3.63) is 35.7 Å². The average Bonchev–Trinajstić information content (AvgIpc) is 2.25. The van der Waals surface area contributed by atoms with Gasteiger partial charge in [0.05, 0.1) is 5.69 Å². The summed E-state index contributed by atoms with van der Waals surface area (Å²) < 4.78 is 13.8. The van der Waals surface area contributed by atoms with Crippen LogP contribution in [0, 0.1) is 5.82 Å². The quantitative estimate of drug-likeness (QED) is 0.818. The summed E-state index contributed by atoms with van der Waals surface area (Å²) in [7, 11) is 1.78. The zero-order chi connectivity index (χ0) is 13.0. The van der Waals surface area contributed by atoms with Crippen LogP contribution in [-0.2, 0) is 4.79 Å². The molecule has 3 nitrogen and oxygen atoms in total. The second kappa shape index (κ2) is 5.48. The molecule has 0 bridgehead atoms. The maximum atomic E-state index is 13.8. The van der Waals surface area contributed by atoms with Crippen LogP contribution in [0.25, 0.3) is 6.08 Å². The van der Waals surface area contributed by atoms with Gasteiger partial charge < -0.3 is 10.0 Å². The third-order valence-corrected chi connectivity index (χ3v) is 2.55. The van der Waals surface area contributed by atoms with Gasteiger partial charge >= 0.3 is 5.97 Å². The van der Waals surface area contributed by atoms with E-state index in [0.29, 0.717) is 11.3 Å². The summed E-state index contributed by atoms with van der Waals surface area (Å²) in [5.41, 5.74) is 0.976. The predicted octanol–water partition coefficient (Wildman–Crippen LogP) is 2.77. The van der Waals surface area contributed by atoms with Gasteiger partial charge in [-0.3, -0.25) is 0 Å². The minimum absolute atomic E-state index is 0.129. The summed E-state index contributed by atoms with van der Waals surface area (Å²) >= 11 is 0. The molecule has 1 rings (SSSR count). The van der Waals surface area contributed by atoms with Crippen LogP contribution in [0.15, 0.2) is 24.3 Å². The van der Waals surface area contributed by atoms with Gasteiger partial charge in [-0.2, -0.15) is 0 Å². The number of aliphatic carboxylic acids is 1. The highest BCUT2D eigenvalue weighted by Crippen LogP contribution is 2.26. The van der Waals surface area contributed by atoms with Crippen LogP contribution in [0.4, 0.5) is 10.1 Å². The number of nitrogens with zero attached hydrogens (tertiary/aromatic N) is 1. The molecular formula is C13H16FNO2. The fourth-order valence-corrected chi connectivity index (χ4v) is 1.46. The van der Waals surface area contributed by atoms with Crippen molar-refractivity contribution >= 4 is 17.7 Å². The molecule has 0 saturated heterocycles. The highest BCUT2D eigenvalue weighted by molar-refractivity contribution is 5.87. The number of anilines is 1. The Balaban J connectivity index is 3.21. The van der Waals surface area contributed by atoms with E-state index in [9.17, 15) is 9.18 Å². The lowest BCUT2D eigenvalue weighted by Gasteiger charge is -2.26. The van der Waals surface area contributed by atoms with E-state index in [2.05, 4.69) is 0 Å². The van der Waals surface area contributed by atoms with E-state index in [1.807, 2.05) is 13.8 Å². The number of rotatable bonds is 4. The van der Waals surface area contributed by atoms with Crippen LogP contribution in [0.1, 0.15) is 19.4 Å². The second-order valence-corrected chi connectivity index (χ2v) is 4.05. The van der Waals surface area contributed by atoms with Gasteiger partial charge in [0, 0.05) is 24.7 Å². The standard InChI is InChI=1S/C13H16FNO2/c1-9(2)15(3)13-10(7-8-12(16)17)5-4-6-11(13)14/h4-9H,1-3H3,(H,16,17)/b8-7+. The molecule has 0 heterocycles. The number of benzene rings is 1. The molecule has 1 aromatic carbocycles. The van der Waals surface area contributed by atoms with E-state index in [1.165, 1.54) is 12.1 Å². The Morgan fingerprint density at radius 1 is 1.47 bits per heavy atom. The van der Waals surface area contributed by atoms with Gasteiger partial charge in [-0.1, -0.05) is 12.1 Å². The molecule has 4 heteroatoms. The molecule has 0 fully saturated rings. The molecule has 0 atom stereocenters. The largest absolute Gasteiger partial charge is 0.478 e. The molecule has 0 aromatic heterocycles. The van der Waals surface area contributed by atoms with E-state index < -0.39 is 5.97 Å². The third kappa shape index (κ3) is 3.31. The first kappa shape index (κ1) is 13.2. The Labute approximate surface area is 100 Å². The van der Waals surface area contributed by atoms with Crippen molar-refractivity contribution in [1.82, 2.24) is 0 Å². The smallest absolute Gasteiger partial charge is 0.328 e. The van der Waals surface area contributed by atoms with E-state index in [4.69, 9.17) is 5.11 Å². The molecule has 0 unspecified atom stereocenters. The Morgan fingerprint density at radius 3 is 2.65 bits per heavy atom. The first-order chi connectivity index (χ1) is 7.93. The van der Waals surface area contributed by atoms with Crippen molar-refractivity contribution in [3.63, 3.8) is 0 Å². The molecule has 1 N–H and O–H groups in total. The SMILES string of the molecule is CC(C)N(C)c1c(F)cccc1/C=C/C(=O)O. The maximum absolute atomic E-state index is 13.8. The Hall–Kier alpha value is -1.84. The fourth-order valence-electron chi connectivity index (χ4n) is 1.46. The molecule has 17 heavy (non-hydrogen) atoms. The predicted molar refractivity (Wildman–Crippen MR) is 66.6 cm³/mol. The van der Waals surface area contributed by atoms with Gasteiger partial charge in [0.15, 0.2) is 0 Å². The lowest BCUT2D eigenvalue weighted by Crippen LogP contribution is -2.27. The van der Waals surface area contributed by atoms with Crippen LogP contribution >= 0.6 is 0 Å². The highest BCUT2D eigenvalue weighted by atomic mass is 19.1. The molecule has 0 amide bonds. The van der Waals surface area contributed by atoms with Crippen LogP contribution in [0.5, 0.6) is 0 Å². The fraction of sp³-hybridized carbons (Fsp3) is 0.308. The van der Waals surface area contributed by atoms with Gasteiger partial charge in [-0.25, -0.2) is 9.18 Å². The lowest BCUT2D eigenvalue weighted by atomic mass is 10.1. The molecule has 0 aliphatic carbocycles. The summed E-state index contributed by atoms with van der Waals surface area (Å²) in [5.74, 6) is -1.40.